The molecule has 0 saturated carbocycles. The Morgan fingerprint density at radius 3 is 2.86 bits per heavy atom. The summed E-state index contributed by atoms with van der Waals surface area (Å²) in [7, 11) is 3.73. The van der Waals surface area contributed by atoms with Crippen molar-refractivity contribution in [2.24, 2.45) is 7.05 Å². The van der Waals surface area contributed by atoms with E-state index < -0.39 is 0 Å². The standard InChI is InChI=1S/C7H10N6S/c1-8-7(5-3-10-14-11-5)6-4-9-12-13(6)2/h3-4,7-8H,1-2H3. The summed E-state index contributed by atoms with van der Waals surface area (Å²) < 4.78 is 9.88. The van der Waals surface area contributed by atoms with Crippen molar-refractivity contribution in [3.05, 3.63) is 23.8 Å². The van der Waals surface area contributed by atoms with Gasteiger partial charge in [-0.1, -0.05) is 5.21 Å². The Kier molecular flexibility index (Phi) is 2.51. The van der Waals surface area contributed by atoms with Crippen LogP contribution in [0.25, 0.3) is 0 Å². The van der Waals surface area contributed by atoms with Gasteiger partial charge in [0.1, 0.15) is 0 Å². The minimum absolute atomic E-state index is 0.00810. The third-order valence-electron chi connectivity index (χ3n) is 2.01. The second kappa shape index (κ2) is 3.81. The van der Waals surface area contributed by atoms with Crippen LogP contribution in [0.1, 0.15) is 17.4 Å². The molecule has 0 amide bonds. The van der Waals surface area contributed by atoms with Crippen molar-refractivity contribution in [3.63, 3.8) is 0 Å². The zero-order valence-corrected chi connectivity index (χ0v) is 8.69. The molecule has 1 atom stereocenters. The molecule has 0 spiro atoms. The second-order valence-corrected chi connectivity index (χ2v) is 3.39. The summed E-state index contributed by atoms with van der Waals surface area (Å²) in [4.78, 5) is 0. The summed E-state index contributed by atoms with van der Waals surface area (Å²) in [6.07, 6.45) is 3.47. The van der Waals surface area contributed by atoms with Crippen LogP contribution in [0.15, 0.2) is 12.4 Å². The van der Waals surface area contributed by atoms with Gasteiger partial charge in [0.15, 0.2) is 0 Å². The molecular formula is C7H10N6S. The number of hydrogen-bond acceptors (Lipinski definition) is 6. The van der Waals surface area contributed by atoms with Crippen LogP contribution in [0.3, 0.4) is 0 Å². The van der Waals surface area contributed by atoms with Crippen LogP contribution in [-0.4, -0.2) is 30.8 Å². The van der Waals surface area contributed by atoms with Gasteiger partial charge in [0.2, 0.25) is 0 Å². The van der Waals surface area contributed by atoms with E-state index in [1.165, 1.54) is 11.7 Å². The van der Waals surface area contributed by atoms with Crippen molar-refractivity contribution < 1.29 is 0 Å². The van der Waals surface area contributed by atoms with Gasteiger partial charge in [0, 0.05) is 7.05 Å². The quantitative estimate of drug-likeness (QED) is 0.770. The summed E-state index contributed by atoms with van der Waals surface area (Å²) in [5.41, 5.74) is 1.86. The Bertz CT molecular complexity index is 394. The predicted molar refractivity (Wildman–Crippen MR) is 51.8 cm³/mol. The highest BCUT2D eigenvalue weighted by molar-refractivity contribution is 6.99. The Labute approximate surface area is 85.3 Å². The van der Waals surface area contributed by atoms with Crippen molar-refractivity contribution in [1.82, 2.24) is 29.1 Å². The number of nitrogens with zero attached hydrogens (tertiary/aromatic N) is 5. The van der Waals surface area contributed by atoms with Crippen molar-refractivity contribution in [2.75, 3.05) is 7.05 Å². The van der Waals surface area contributed by atoms with Crippen LogP contribution in [0.5, 0.6) is 0 Å². The maximum absolute atomic E-state index is 4.18. The van der Waals surface area contributed by atoms with E-state index in [1.54, 1.807) is 17.1 Å². The molecule has 0 fully saturated rings. The minimum Gasteiger partial charge on any atom is -0.307 e. The molecule has 0 aliphatic rings. The van der Waals surface area contributed by atoms with Crippen molar-refractivity contribution in [3.8, 4) is 0 Å². The lowest BCUT2D eigenvalue weighted by molar-refractivity contribution is 0.590. The van der Waals surface area contributed by atoms with Gasteiger partial charge in [-0.15, -0.1) is 5.10 Å². The van der Waals surface area contributed by atoms with E-state index >= 15 is 0 Å². The summed E-state index contributed by atoms with van der Waals surface area (Å²) in [5, 5.41) is 10.9. The summed E-state index contributed by atoms with van der Waals surface area (Å²) >= 11 is 1.20. The lowest BCUT2D eigenvalue weighted by Crippen LogP contribution is -2.20. The topological polar surface area (TPSA) is 68.5 Å². The van der Waals surface area contributed by atoms with Gasteiger partial charge >= 0.3 is 0 Å². The molecule has 0 saturated heterocycles. The molecule has 0 aliphatic carbocycles. The highest BCUT2D eigenvalue weighted by Gasteiger charge is 2.18. The van der Waals surface area contributed by atoms with E-state index in [0.29, 0.717) is 0 Å². The fourth-order valence-electron chi connectivity index (χ4n) is 1.31. The first-order valence-electron chi connectivity index (χ1n) is 4.12. The average molecular weight is 210 g/mol. The normalized spacial score (nSPS) is 13.0. The van der Waals surface area contributed by atoms with Gasteiger partial charge in [0.05, 0.1) is 41.6 Å². The van der Waals surface area contributed by atoms with Crippen molar-refractivity contribution in [1.29, 1.82) is 0 Å². The van der Waals surface area contributed by atoms with Crippen LogP contribution in [0.2, 0.25) is 0 Å². The molecule has 0 bridgehead atoms. The lowest BCUT2D eigenvalue weighted by atomic mass is 10.1. The zero-order chi connectivity index (χ0) is 9.97. The first kappa shape index (κ1) is 9.22. The van der Waals surface area contributed by atoms with Crippen LogP contribution in [0, 0.1) is 0 Å². The Balaban J connectivity index is 2.36. The summed E-state index contributed by atoms with van der Waals surface area (Å²) in [6, 6.07) is 0.00810. The average Bonchev–Trinajstić information content (AvgIpc) is 2.80. The minimum atomic E-state index is 0.00810. The first-order chi connectivity index (χ1) is 6.83. The predicted octanol–water partition coefficient (Wildman–Crippen LogP) is -0.0246. The van der Waals surface area contributed by atoms with E-state index in [4.69, 9.17) is 0 Å². The van der Waals surface area contributed by atoms with Crippen LogP contribution >= 0.6 is 11.7 Å². The van der Waals surface area contributed by atoms with Crippen molar-refractivity contribution >= 4 is 11.7 Å². The molecule has 2 aromatic rings. The van der Waals surface area contributed by atoms with Gasteiger partial charge in [-0.3, -0.25) is 4.68 Å². The number of nitrogens with one attached hydrogen (secondary N) is 1. The maximum Gasteiger partial charge on any atom is 0.0974 e. The van der Waals surface area contributed by atoms with Crippen LogP contribution in [-0.2, 0) is 7.05 Å². The molecule has 2 aromatic heterocycles. The second-order valence-electron chi connectivity index (χ2n) is 2.84. The number of rotatable bonds is 3. The Morgan fingerprint density at radius 1 is 1.50 bits per heavy atom. The summed E-state index contributed by atoms with van der Waals surface area (Å²) in [5.74, 6) is 0. The molecule has 1 unspecified atom stereocenters. The first-order valence-corrected chi connectivity index (χ1v) is 4.85. The van der Waals surface area contributed by atoms with Gasteiger partial charge in [-0.2, -0.15) is 8.75 Å². The van der Waals surface area contributed by atoms with Gasteiger partial charge in [0.25, 0.3) is 0 Å². The van der Waals surface area contributed by atoms with E-state index in [1.807, 2.05) is 14.1 Å². The molecule has 2 rings (SSSR count). The van der Waals surface area contributed by atoms with Crippen LogP contribution in [0.4, 0.5) is 0 Å². The maximum atomic E-state index is 4.18. The molecule has 0 radical (unpaired) electrons. The Hall–Kier alpha value is -1.34. The van der Waals surface area contributed by atoms with Crippen LogP contribution < -0.4 is 5.32 Å². The SMILES string of the molecule is CNC(c1cnsn1)c1cnnn1C. The molecule has 2 heterocycles. The summed E-state index contributed by atoms with van der Waals surface area (Å²) in [6.45, 7) is 0. The zero-order valence-electron chi connectivity index (χ0n) is 7.88. The third-order valence-corrected chi connectivity index (χ3v) is 2.50. The van der Waals surface area contributed by atoms with E-state index in [9.17, 15) is 0 Å². The monoisotopic (exact) mass is 210 g/mol. The fraction of sp³-hybridized carbons (Fsp3) is 0.429. The fourth-order valence-corrected chi connectivity index (χ4v) is 1.75. The van der Waals surface area contributed by atoms with E-state index in [-0.39, 0.29) is 6.04 Å². The lowest BCUT2D eigenvalue weighted by Gasteiger charge is -2.11. The molecular weight excluding hydrogens is 200 g/mol. The van der Waals surface area contributed by atoms with Gasteiger partial charge in [-0.05, 0) is 7.05 Å². The number of aryl methyl sites for hydroxylation is 1. The number of hydrogen-bond donors (Lipinski definition) is 1. The molecule has 0 aromatic carbocycles. The van der Waals surface area contributed by atoms with Crippen molar-refractivity contribution in [2.45, 2.75) is 6.04 Å². The van der Waals surface area contributed by atoms with Gasteiger partial charge in [-0.25, -0.2) is 0 Å². The van der Waals surface area contributed by atoms with Gasteiger partial charge < -0.3 is 5.32 Å². The third kappa shape index (κ3) is 1.51. The van der Waals surface area contributed by atoms with E-state index in [0.717, 1.165) is 11.4 Å². The Morgan fingerprint density at radius 2 is 2.36 bits per heavy atom. The molecule has 1 N–H and O–H groups in total. The molecule has 14 heavy (non-hydrogen) atoms. The smallest absolute Gasteiger partial charge is 0.0974 e. The largest absolute Gasteiger partial charge is 0.307 e. The molecule has 0 aliphatic heterocycles. The highest BCUT2D eigenvalue weighted by Crippen LogP contribution is 2.17. The van der Waals surface area contributed by atoms with E-state index in [2.05, 4.69) is 24.4 Å². The number of aromatic nitrogens is 5. The highest BCUT2D eigenvalue weighted by atomic mass is 32.1. The molecule has 6 nitrogen and oxygen atoms in total. The molecule has 74 valence electrons. The molecule has 7 heteroatoms.